The third-order valence-corrected chi connectivity index (χ3v) is 3.09. The SMILES string of the molecule is CCNCCN(CC)CCC1CCCO1. The Morgan fingerprint density at radius 1 is 1.33 bits per heavy atom. The Morgan fingerprint density at radius 2 is 2.20 bits per heavy atom. The van der Waals surface area contributed by atoms with Gasteiger partial charge in [-0.25, -0.2) is 0 Å². The zero-order chi connectivity index (χ0) is 10.9. The molecule has 0 aliphatic carbocycles. The van der Waals surface area contributed by atoms with E-state index in [1.54, 1.807) is 0 Å². The van der Waals surface area contributed by atoms with Gasteiger partial charge in [0.15, 0.2) is 0 Å². The summed E-state index contributed by atoms with van der Waals surface area (Å²) in [6, 6.07) is 0. The van der Waals surface area contributed by atoms with E-state index in [0.29, 0.717) is 6.10 Å². The highest BCUT2D eigenvalue weighted by Gasteiger charge is 2.15. The molecular weight excluding hydrogens is 188 g/mol. The van der Waals surface area contributed by atoms with Crippen molar-refractivity contribution in [1.29, 1.82) is 0 Å². The lowest BCUT2D eigenvalue weighted by molar-refractivity contribution is 0.0928. The van der Waals surface area contributed by atoms with Crippen molar-refractivity contribution in [2.24, 2.45) is 0 Å². The predicted octanol–water partition coefficient (Wildman–Crippen LogP) is 1.49. The number of hydrogen-bond acceptors (Lipinski definition) is 3. The van der Waals surface area contributed by atoms with Crippen LogP contribution in [0.5, 0.6) is 0 Å². The van der Waals surface area contributed by atoms with Gasteiger partial charge in [0.1, 0.15) is 0 Å². The monoisotopic (exact) mass is 214 g/mol. The molecule has 0 saturated carbocycles. The molecule has 1 N–H and O–H groups in total. The van der Waals surface area contributed by atoms with Crippen LogP contribution in [0.2, 0.25) is 0 Å². The normalized spacial score (nSPS) is 21.4. The average molecular weight is 214 g/mol. The Bertz CT molecular complexity index is 147. The van der Waals surface area contributed by atoms with Gasteiger partial charge < -0.3 is 15.0 Å². The lowest BCUT2D eigenvalue weighted by atomic mass is 10.2. The number of likely N-dealkylation sites (N-methyl/N-ethyl adjacent to an activating group) is 2. The Balaban J connectivity index is 2.04. The number of nitrogens with one attached hydrogen (secondary N) is 1. The van der Waals surface area contributed by atoms with E-state index in [1.165, 1.54) is 25.8 Å². The van der Waals surface area contributed by atoms with Gasteiger partial charge in [-0.3, -0.25) is 0 Å². The molecule has 3 heteroatoms. The summed E-state index contributed by atoms with van der Waals surface area (Å²) >= 11 is 0. The van der Waals surface area contributed by atoms with Crippen molar-refractivity contribution in [3.05, 3.63) is 0 Å². The van der Waals surface area contributed by atoms with Gasteiger partial charge in [0.25, 0.3) is 0 Å². The maximum Gasteiger partial charge on any atom is 0.0588 e. The molecule has 1 unspecified atom stereocenters. The molecule has 1 atom stereocenters. The summed E-state index contributed by atoms with van der Waals surface area (Å²) in [5.74, 6) is 0. The van der Waals surface area contributed by atoms with Crippen molar-refractivity contribution in [2.75, 3.05) is 39.3 Å². The highest BCUT2D eigenvalue weighted by atomic mass is 16.5. The largest absolute Gasteiger partial charge is 0.378 e. The summed E-state index contributed by atoms with van der Waals surface area (Å²) in [6.45, 7) is 11.1. The lowest BCUT2D eigenvalue weighted by Crippen LogP contribution is -2.34. The second-order valence-electron chi connectivity index (χ2n) is 4.21. The highest BCUT2D eigenvalue weighted by Crippen LogP contribution is 2.15. The molecule has 0 aromatic heterocycles. The Kier molecular flexibility index (Phi) is 6.98. The minimum atomic E-state index is 0.540. The molecule has 1 aliphatic rings. The van der Waals surface area contributed by atoms with Crippen molar-refractivity contribution < 1.29 is 4.74 Å². The fourth-order valence-electron chi connectivity index (χ4n) is 2.04. The lowest BCUT2D eigenvalue weighted by Gasteiger charge is -2.22. The molecule has 15 heavy (non-hydrogen) atoms. The first-order valence-corrected chi connectivity index (χ1v) is 6.41. The second-order valence-corrected chi connectivity index (χ2v) is 4.21. The number of rotatable bonds is 8. The first kappa shape index (κ1) is 12.9. The topological polar surface area (TPSA) is 24.5 Å². The standard InChI is InChI=1S/C12H26N2O/c1-3-13-8-10-14(4-2)9-7-12-6-5-11-15-12/h12-13H,3-11H2,1-2H3. The van der Waals surface area contributed by atoms with Crippen LogP contribution in [0, 0.1) is 0 Å². The molecule has 0 amide bonds. The molecule has 1 fully saturated rings. The van der Waals surface area contributed by atoms with Gasteiger partial charge in [-0.05, 0) is 32.4 Å². The van der Waals surface area contributed by atoms with Crippen molar-refractivity contribution in [1.82, 2.24) is 10.2 Å². The molecule has 0 aromatic carbocycles. The van der Waals surface area contributed by atoms with Crippen molar-refractivity contribution in [2.45, 2.75) is 39.2 Å². The molecule has 0 spiro atoms. The zero-order valence-corrected chi connectivity index (χ0v) is 10.3. The highest BCUT2D eigenvalue weighted by molar-refractivity contribution is 4.67. The Labute approximate surface area is 94.2 Å². The minimum Gasteiger partial charge on any atom is -0.378 e. The van der Waals surface area contributed by atoms with Gasteiger partial charge in [-0.15, -0.1) is 0 Å². The zero-order valence-electron chi connectivity index (χ0n) is 10.3. The van der Waals surface area contributed by atoms with E-state index in [0.717, 1.165) is 32.8 Å². The molecular formula is C12H26N2O. The van der Waals surface area contributed by atoms with Crippen LogP contribution >= 0.6 is 0 Å². The second kappa shape index (κ2) is 8.08. The molecule has 3 nitrogen and oxygen atoms in total. The van der Waals surface area contributed by atoms with Crippen LogP contribution in [0.15, 0.2) is 0 Å². The van der Waals surface area contributed by atoms with E-state index in [-0.39, 0.29) is 0 Å². The van der Waals surface area contributed by atoms with E-state index < -0.39 is 0 Å². The van der Waals surface area contributed by atoms with Gasteiger partial charge in [0.2, 0.25) is 0 Å². The predicted molar refractivity (Wildman–Crippen MR) is 64.2 cm³/mol. The van der Waals surface area contributed by atoms with Crippen molar-refractivity contribution in [3.8, 4) is 0 Å². The summed E-state index contributed by atoms with van der Waals surface area (Å²) < 4.78 is 5.63. The molecule has 1 heterocycles. The van der Waals surface area contributed by atoms with Crippen LogP contribution in [0.3, 0.4) is 0 Å². The fourth-order valence-corrected chi connectivity index (χ4v) is 2.04. The third-order valence-electron chi connectivity index (χ3n) is 3.09. The van der Waals surface area contributed by atoms with Gasteiger partial charge in [-0.1, -0.05) is 13.8 Å². The van der Waals surface area contributed by atoms with Crippen molar-refractivity contribution >= 4 is 0 Å². The summed E-state index contributed by atoms with van der Waals surface area (Å²) in [5, 5.41) is 3.37. The summed E-state index contributed by atoms with van der Waals surface area (Å²) in [5.41, 5.74) is 0. The number of ether oxygens (including phenoxy) is 1. The van der Waals surface area contributed by atoms with E-state index >= 15 is 0 Å². The molecule has 90 valence electrons. The van der Waals surface area contributed by atoms with E-state index in [2.05, 4.69) is 24.1 Å². The molecule has 1 saturated heterocycles. The first-order valence-electron chi connectivity index (χ1n) is 6.41. The summed E-state index contributed by atoms with van der Waals surface area (Å²) in [7, 11) is 0. The van der Waals surface area contributed by atoms with Gasteiger partial charge in [-0.2, -0.15) is 0 Å². The van der Waals surface area contributed by atoms with Crippen LogP contribution in [0.25, 0.3) is 0 Å². The molecule has 1 aliphatic heterocycles. The Hall–Kier alpha value is -0.120. The van der Waals surface area contributed by atoms with Crippen molar-refractivity contribution in [3.63, 3.8) is 0 Å². The summed E-state index contributed by atoms with van der Waals surface area (Å²) in [4.78, 5) is 2.50. The van der Waals surface area contributed by atoms with Gasteiger partial charge in [0.05, 0.1) is 6.10 Å². The van der Waals surface area contributed by atoms with Crippen LogP contribution in [-0.4, -0.2) is 50.3 Å². The quantitative estimate of drug-likeness (QED) is 0.620. The number of nitrogens with zero attached hydrogens (tertiary/aromatic N) is 1. The molecule has 0 aromatic rings. The molecule has 0 bridgehead atoms. The average Bonchev–Trinajstić information content (AvgIpc) is 2.76. The Morgan fingerprint density at radius 3 is 2.80 bits per heavy atom. The van der Waals surface area contributed by atoms with Gasteiger partial charge >= 0.3 is 0 Å². The first-order chi connectivity index (χ1) is 7.36. The van der Waals surface area contributed by atoms with E-state index in [4.69, 9.17) is 4.74 Å². The van der Waals surface area contributed by atoms with Crippen LogP contribution in [0.4, 0.5) is 0 Å². The van der Waals surface area contributed by atoms with Gasteiger partial charge in [0, 0.05) is 26.2 Å². The summed E-state index contributed by atoms with van der Waals surface area (Å²) in [6.07, 6.45) is 4.28. The van der Waals surface area contributed by atoms with E-state index in [9.17, 15) is 0 Å². The fraction of sp³-hybridized carbons (Fsp3) is 1.00. The van der Waals surface area contributed by atoms with Crippen LogP contribution in [0.1, 0.15) is 33.1 Å². The van der Waals surface area contributed by atoms with Crippen LogP contribution in [-0.2, 0) is 4.74 Å². The van der Waals surface area contributed by atoms with E-state index in [1.807, 2.05) is 0 Å². The maximum atomic E-state index is 5.63. The molecule has 0 radical (unpaired) electrons. The minimum absolute atomic E-state index is 0.540. The molecule has 1 rings (SSSR count). The third kappa shape index (κ3) is 5.50. The number of hydrogen-bond donors (Lipinski definition) is 1. The maximum absolute atomic E-state index is 5.63. The smallest absolute Gasteiger partial charge is 0.0588 e. The van der Waals surface area contributed by atoms with Crippen LogP contribution < -0.4 is 5.32 Å².